The zero-order valence-corrected chi connectivity index (χ0v) is 11.2. The Balaban J connectivity index is 2.55. The van der Waals surface area contributed by atoms with Gasteiger partial charge in [-0.2, -0.15) is 0 Å². The summed E-state index contributed by atoms with van der Waals surface area (Å²) in [4.78, 5) is 0. The molecule has 0 spiro atoms. The monoisotopic (exact) mass is 256 g/mol. The first-order valence-corrected chi connectivity index (χ1v) is 6.23. The van der Waals surface area contributed by atoms with Crippen molar-refractivity contribution < 1.29 is 4.74 Å². The van der Waals surface area contributed by atoms with Gasteiger partial charge in [0.15, 0.2) is 0 Å². The van der Waals surface area contributed by atoms with Crippen LogP contribution in [-0.2, 0) is 11.2 Å². The van der Waals surface area contributed by atoms with E-state index in [2.05, 4.69) is 12.3 Å². The van der Waals surface area contributed by atoms with Gasteiger partial charge in [-0.3, -0.25) is 11.3 Å². The van der Waals surface area contributed by atoms with Crippen molar-refractivity contribution in [2.45, 2.75) is 25.8 Å². The number of methoxy groups -OCH3 is 1. The van der Waals surface area contributed by atoms with Crippen LogP contribution >= 0.6 is 11.6 Å². The van der Waals surface area contributed by atoms with E-state index in [9.17, 15) is 0 Å². The number of hydrogen-bond acceptors (Lipinski definition) is 3. The quantitative estimate of drug-likeness (QED) is 0.582. The first-order chi connectivity index (χ1) is 8.17. The highest BCUT2D eigenvalue weighted by Crippen LogP contribution is 2.18. The van der Waals surface area contributed by atoms with Crippen molar-refractivity contribution in [3.63, 3.8) is 0 Å². The summed E-state index contributed by atoms with van der Waals surface area (Å²) >= 11 is 6.13. The summed E-state index contributed by atoms with van der Waals surface area (Å²) in [6.07, 6.45) is 1.81. The van der Waals surface area contributed by atoms with Crippen LogP contribution in [0, 0.1) is 5.92 Å². The van der Waals surface area contributed by atoms with Gasteiger partial charge in [0.1, 0.15) is 0 Å². The molecule has 3 N–H and O–H groups in total. The van der Waals surface area contributed by atoms with Crippen LogP contribution in [0.15, 0.2) is 24.3 Å². The Morgan fingerprint density at radius 3 is 2.71 bits per heavy atom. The van der Waals surface area contributed by atoms with Gasteiger partial charge in [0.25, 0.3) is 0 Å². The third-order valence-corrected chi connectivity index (χ3v) is 3.17. The molecular weight excluding hydrogens is 236 g/mol. The lowest BCUT2D eigenvalue weighted by Gasteiger charge is -2.20. The molecule has 0 aromatic heterocycles. The van der Waals surface area contributed by atoms with Crippen molar-refractivity contribution >= 4 is 11.6 Å². The molecule has 0 aliphatic carbocycles. The smallest absolute Gasteiger partial charge is 0.0488 e. The van der Waals surface area contributed by atoms with E-state index < -0.39 is 0 Å². The Kier molecular flexibility index (Phi) is 6.52. The molecule has 0 aliphatic rings. The van der Waals surface area contributed by atoms with Crippen molar-refractivity contribution in [3.8, 4) is 0 Å². The van der Waals surface area contributed by atoms with Crippen LogP contribution < -0.4 is 11.3 Å². The molecule has 0 amide bonds. The number of nitrogens with one attached hydrogen (secondary N) is 1. The van der Waals surface area contributed by atoms with E-state index in [1.165, 1.54) is 0 Å². The fourth-order valence-electron chi connectivity index (χ4n) is 1.98. The molecule has 0 heterocycles. The molecule has 0 fully saturated rings. The summed E-state index contributed by atoms with van der Waals surface area (Å²) < 4.78 is 5.13. The number of rotatable bonds is 7. The van der Waals surface area contributed by atoms with E-state index in [-0.39, 0.29) is 6.04 Å². The summed E-state index contributed by atoms with van der Waals surface area (Å²) in [6.45, 7) is 2.90. The molecule has 17 heavy (non-hydrogen) atoms. The maximum atomic E-state index is 6.13. The summed E-state index contributed by atoms with van der Waals surface area (Å²) in [5.41, 5.74) is 3.98. The van der Waals surface area contributed by atoms with Crippen LogP contribution in [0.3, 0.4) is 0 Å². The van der Waals surface area contributed by atoms with Crippen molar-refractivity contribution in [3.05, 3.63) is 34.9 Å². The van der Waals surface area contributed by atoms with Crippen LogP contribution in [0.2, 0.25) is 5.02 Å². The lowest BCUT2D eigenvalue weighted by Crippen LogP contribution is -2.38. The van der Waals surface area contributed by atoms with E-state index in [1.807, 2.05) is 24.3 Å². The van der Waals surface area contributed by atoms with Gasteiger partial charge >= 0.3 is 0 Å². The molecule has 3 nitrogen and oxygen atoms in total. The number of hydrogen-bond donors (Lipinski definition) is 2. The molecule has 2 unspecified atom stereocenters. The van der Waals surface area contributed by atoms with Crippen molar-refractivity contribution in [2.75, 3.05) is 13.7 Å². The number of halogens is 1. The van der Waals surface area contributed by atoms with Gasteiger partial charge in [-0.15, -0.1) is 0 Å². The Labute approximate surface area is 108 Å². The van der Waals surface area contributed by atoms with Gasteiger partial charge in [-0.05, 0) is 30.4 Å². The van der Waals surface area contributed by atoms with E-state index in [0.717, 1.165) is 30.0 Å². The maximum absolute atomic E-state index is 6.13. The van der Waals surface area contributed by atoms with Crippen LogP contribution in [0.5, 0.6) is 0 Å². The number of nitrogens with two attached hydrogens (primary N) is 1. The number of ether oxygens (including phenoxy) is 1. The Bertz CT molecular complexity index is 333. The van der Waals surface area contributed by atoms with Crippen LogP contribution in [0.4, 0.5) is 0 Å². The molecule has 2 atom stereocenters. The molecule has 0 saturated heterocycles. The van der Waals surface area contributed by atoms with Gasteiger partial charge in [-0.1, -0.05) is 36.7 Å². The topological polar surface area (TPSA) is 47.3 Å². The van der Waals surface area contributed by atoms with Crippen molar-refractivity contribution in [1.29, 1.82) is 0 Å². The third-order valence-electron chi connectivity index (χ3n) is 2.80. The maximum Gasteiger partial charge on any atom is 0.0488 e. The van der Waals surface area contributed by atoms with Gasteiger partial charge in [0, 0.05) is 24.8 Å². The number of benzene rings is 1. The highest BCUT2D eigenvalue weighted by atomic mass is 35.5. The number of hydrazine groups is 1. The predicted molar refractivity (Wildman–Crippen MR) is 71.9 cm³/mol. The van der Waals surface area contributed by atoms with Gasteiger partial charge in [0.2, 0.25) is 0 Å². The second-order valence-corrected chi connectivity index (χ2v) is 4.86. The second kappa shape index (κ2) is 7.67. The van der Waals surface area contributed by atoms with Gasteiger partial charge < -0.3 is 4.74 Å². The Morgan fingerprint density at radius 2 is 2.12 bits per heavy atom. The van der Waals surface area contributed by atoms with Gasteiger partial charge in [0.05, 0.1) is 0 Å². The first kappa shape index (κ1) is 14.5. The fraction of sp³-hybridized carbons (Fsp3) is 0.538. The average molecular weight is 257 g/mol. The fourth-order valence-corrected chi connectivity index (χ4v) is 2.19. The minimum absolute atomic E-state index is 0.222. The van der Waals surface area contributed by atoms with E-state index >= 15 is 0 Å². The Hall–Kier alpha value is -0.610. The second-order valence-electron chi connectivity index (χ2n) is 4.46. The highest BCUT2D eigenvalue weighted by Gasteiger charge is 2.13. The van der Waals surface area contributed by atoms with E-state index in [4.69, 9.17) is 22.2 Å². The summed E-state index contributed by atoms with van der Waals surface area (Å²) in [7, 11) is 1.72. The van der Waals surface area contributed by atoms with Crippen molar-refractivity contribution in [1.82, 2.24) is 5.43 Å². The normalized spacial score (nSPS) is 14.6. The largest absolute Gasteiger partial charge is 0.384 e. The van der Waals surface area contributed by atoms with Crippen LogP contribution in [0.1, 0.15) is 18.9 Å². The molecule has 0 aliphatic heterocycles. The predicted octanol–water partition coefficient (Wildman–Crippen LogP) is 2.39. The first-order valence-electron chi connectivity index (χ1n) is 5.85. The molecule has 1 rings (SSSR count). The van der Waals surface area contributed by atoms with Gasteiger partial charge in [-0.25, -0.2) is 0 Å². The molecule has 1 aromatic carbocycles. The lowest BCUT2D eigenvalue weighted by molar-refractivity contribution is 0.149. The molecular formula is C13H21ClN2O. The van der Waals surface area contributed by atoms with E-state index in [0.29, 0.717) is 5.92 Å². The minimum Gasteiger partial charge on any atom is -0.384 e. The average Bonchev–Trinajstić information content (AvgIpc) is 2.31. The molecule has 96 valence electrons. The standard InChI is InChI=1S/C13H21ClN2O/c1-10(9-17-2)7-12(16-15)8-11-5-3-4-6-13(11)14/h3-6,10,12,16H,7-9,15H2,1-2H3. The zero-order valence-electron chi connectivity index (χ0n) is 10.4. The minimum atomic E-state index is 0.222. The highest BCUT2D eigenvalue weighted by molar-refractivity contribution is 6.31. The SMILES string of the molecule is COCC(C)CC(Cc1ccccc1Cl)NN. The molecule has 0 radical (unpaired) electrons. The molecule has 0 saturated carbocycles. The summed E-state index contributed by atoms with van der Waals surface area (Å²) in [5, 5.41) is 0.798. The molecule has 0 bridgehead atoms. The lowest BCUT2D eigenvalue weighted by atomic mass is 9.97. The van der Waals surface area contributed by atoms with Crippen LogP contribution in [0.25, 0.3) is 0 Å². The summed E-state index contributed by atoms with van der Waals surface area (Å²) in [6, 6.07) is 8.09. The third kappa shape index (κ3) is 5.04. The van der Waals surface area contributed by atoms with E-state index in [1.54, 1.807) is 7.11 Å². The van der Waals surface area contributed by atoms with Crippen LogP contribution in [-0.4, -0.2) is 19.8 Å². The molecule has 1 aromatic rings. The Morgan fingerprint density at radius 1 is 1.41 bits per heavy atom. The summed E-state index contributed by atoms with van der Waals surface area (Å²) in [5.74, 6) is 6.06. The molecule has 4 heteroatoms. The van der Waals surface area contributed by atoms with Crippen molar-refractivity contribution in [2.24, 2.45) is 11.8 Å². The zero-order chi connectivity index (χ0) is 12.7.